The number of hydrogen-bond donors (Lipinski definition) is 3. The number of carbonyl (C=O) groups is 2. The molecule has 3 aliphatic rings. The van der Waals surface area contributed by atoms with Gasteiger partial charge < -0.3 is 29.9 Å². The number of allylic oxidation sites excluding steroid dienone is 2. The molecule has 3 N–H and O–H groups in total. The average Bonchev–Trinajstić information content (AvgIpc) is 3.46. The topological polar surface area (TPSA) is 108 Å². The minimum absolute atomic E-state index is 0.00358. The summed E-state index contributed by atoms with van der Waals surface area (Å²) in [5, 5.41) is 27.6. The number of amides is 2. The zero-order valence-corrected chi connectivity index (χ0v) is 34.9. The summed E-state index contributed by atoms with van der Waals surface area (Å²) in [5.74, 6) is 0.0306. The minimum atomic E-state index is -1.40. The standard InChI is InChI=1S/C48H56ClFN2O6/c1-31-11-10-23-47(3)41(38-21-17-33(25-36(53)19-16-31)26-39(38)44(54)28-40-42(49)14-9-15-43(40)50)22-24-48(47,56)30-52(29-35-18-20-37(57-4)27-45(35)58-5)46(55)51-32(2)34-12-7-6-8-13-34/h6-9,11-15,17-18,20-21,26-27,32,36,41,53,56H,10,16,19,22-25,28-30H2,1-5H3,(H,51,55). The summed E-state index contributed by atoms with van der Waals surface area (Å²) < 4.78 is 26.3. The number of fused-ring (bicyclic) bond motifs is 8. The number of rotatable bonds is 11. The zero-order valence-electron chi connectivity index (χ0n) is 34.2. The quantitative estimate of drug-likeness (QED) is 0.103. The number of ketones is 1. The fourth-order valence-electron chi connectivity index (χ4n) is 9.00. The summed E-state index contributed by atoms with van der Waals surface area (Å²) in [5.41, 5.74) is 2.76. The van der Waals surface area contributed by atoms with Gasteiger partial charge in [-0.3, -0.25) is 4.79 Å². The molecule has 2 bridgehead atoms. The zero-order chi connectivity index (χ0) is 41.6. The van der Waals surface area contributed by atoms with Crippen molar-refractivity contribution in [3.8, 4) is 11.5 Å². The summed E-state index contributed by atoms with van der Waals surface area (Å²) in [6.45, 7) is 6.23. The van der Waals surface area contributed by atoms with Crippen molar-refractivity contribution in [1.82, 2.24) is 10.2 Å². The maximum atomic E-state index is 15.1. The van der Waals surface area contributed by atoms with Gasteiger partial charge in [-0.1, -0.05) is 78.7 Å². The molecule has 0 aromatic heterocycles. The molecule has 0 heterocycles. The van der Waals surface area contributed by atoms with Crippen LogP contribution in [-0.2, 0) is 19.4 Å². The predicted octanol–water partition coefficient (Wildman–Crippen LogP) is 9.93. The second-order valence-corrected chi connectivity index (χ2v) is 16.8. The van der Waals surface area contributed by atoms with Crippen LogP contribution in [0.3, 0.4) is 0 Å². The fraction of sp³-hybridized carbons (Fsp3) is 0.417. The van der Waals surface area contributed by atoms with E-state index in [1.54, 1.807) is 31.3 Å². The number of halogens is 2. The second kappa shape index (κ2) is 18.5. The molecule has 8 nitrogen and oxygen atoms in total. The van der Waals surface area contributed by atoms with Gasteiger partial charge in [0, 0.05) is 39.6 Å². The van der Waals surface area contributed by atoms with Gasteiger partial charge in [0.2, 0.25) is 0 Å². The maximum absolute atomic E-state index is 15.1. The van der Waals surface area contributed by atoms with E-state index in [2.05, 4.69) is 25.2 Å². The minimum Gasteiger partial charge on any atom is -0.497 e. The second-order valence-electron chi connectivity index (χ2n) is 16.4. The summed E-state index contributed by atoms with van der Waals surface area (Å²) in [7, 11) is 3.16. The number of urea groups is 1. The molecule has 308 valence electrons. The molecule has 5 unspecified atom stereocenters. The Kier molecular flexibility index (Phi) is 13.7. The highest BCUT2D eigenvalue weighted by molar-refractivity contribution is 6.31. The first-order chi connectivity index (χ1) is 27.7. The smallest absolute Gasteiger partial charge is 0.318 e. The van der Waals surface area contributed by atoms with E-state index in [-0.39, 0.29) is 53.9 Å². The van der Waals surface area contributed by atoms with Gasteiger partial charge >= 0.3 is 6.03 Å². The number of hydrogen-bond acceptors (Lipinski definition) is 6. The van der Waals surface area contributed by atoms with Crippen molar-refractivity contribution in [3.63, 3.8) is 0 Å². The van der Waals surface area contributed by atoms with E-state index < -0.39 is 22.9 Å². The number of methoxy groups -OCH3 is 2. The highest BCUT2D eigenvalue weighted by Crippen LogP contribution is 2.59. The first-order valence-corrected chi connectivity index (χ1v) is 20.6. The number of benzene rings is 4. The Morgan fingerprint density at radius 1 is 1.00 bits per heavy atom. The first kappa shape index (κ1) is 42.9. The Morgan fingerprint density at radius 2 is 1.78 bits per heavy atom. The highest BCUT2D eigenvalue weighted by Gasteiger charge is 2.57. The Hall–Kier alpha value is -4.70. The van der Waals surface area contributed by atoms with Crippen LogP contribution in [-0.4, -0.2) is 59.4 Å². The Balaban J connectivity index is 1.42. The molecule has 4 aromatic rings. The Labute approximate surface area is 347 Å². The van der Waals surface area contributed by atoms with E-state index in [1.165, 1.54) is 12.1 Å². The number of nitrogens with zero attached hydrogens (tertiary/aromatic N) is 1. The van der Waals surface area contributed by atoms with Crippen LogP contribution < -0.4 is 14.8 Å². The number of ether oxygens (including phenoxy) is 2. The lowest BCUT2D eigenvalue weighted by atomic mass is 9.64. The first-order valence-electron chi connectivity index (χ1n) is 20.2. The van der Waals surface area contributed by atoms with Crippen LogP contribution >= 0.6 is 11.6 Å². The number of carbonyl (C=O) groups excluding carboxylic acids is 2. The third-order valence-corrected chi connectivity index (χ3v) is 13.0. The van der Waals surface area contributed by atoms with Crippen LogP contribution in [0.2, 0.25) is 5.02 Å². The number of aliphatic hydroxyl groups is 2. The predicted molar refractivity (Wildman–Crippen MR) is 226 cm³/mol. The van der Waals surface area contributed by atoms with Crippen LogP contribution in [0.5, 0.6) is 11.5 Å². The van der Waals surface area contributed by atoms with Crippen molar-refractivity contribution >= 4 is 23.4 Å². The molecular formula is C48H56ClFN2O6. The van der Waals surface area contributed by atoms with Crippen LogP contribution in [0, 0.1) is 11.2 Å². The molecule has 0 aliphatic heterocycles. The Bertz CT molecular complexity index is 2110. The molecular weight excluding hydrogens is 755 g/mol. The maximum Gasteiger partial charge on any atom is 0.318 e. The van der Waals surface area contributed by atoms with Crippen molar-refractivity contribution < 1.29 is 33.7 Å². The highest BCUT2D eigenvalue weighted by atomic mass is 35.5. The SMILES string of the molecule is COc1ccc(CN(CC2(O)CCC3c4ccc(cc4C(=O)Cc4c(F)cccc4Cl)CC(O)CCC(C)=CCCC32C)C(=O)NC(C)c2ccccc2)c(OC)c1. The van der Waals surface area contributed by atoms with Crippen molar-refractivity contribution in [2.24, 2.45) is 5.41 Å². The summed E-state index contributed by atoms with van der Waals surface area (Å²) in [4.78, 5) is 30.6. The van der Waals surface area contributed by atoms with Crippen molar-refractivity contribution in [2.75, 3.05) is 20.8 Å². The van der Waals surface area contributed by atoms with Gasteiger partial charge in [0.25, 0.3) is 0 Å². The van der Waals surface area contributed by atoms with Crippen molar-refractivity contribution in [3.05, 3.63) is 141 Å². The Morgan fingerprint density at radius 3 is 2.50 bits per heavy atom. The molecule has 4 aromatic carbocycles. The average molecular weight is 811 g/mol. The number of Topliss-reactive ketones (excluding diaryl/α,β-unsaturated/α-hetero) is 1. The number of aliphatic hydroxyl groups excluding tert-OH is 1. The van der Waals surface area contributed by atoms with E-state index in [4.69, 9.17) is 21.1 Å². The summed E-state index contributed by atoms with van der Waals surface area (Å²) in [6, 6.07) is 24.7. The van der Waals surface area contributed by atoms with Gasteiger partial charge in [0.05, 0.1) is 45.1 Å². The summed E-state index contributed by atoms with van der Waals surface area (Å²) in [6.07, 6.45) is 5.08. The molecule has 3 aliphatic carbocycles. The molecule has 0 saturated heterocycles. The molecule has 2 amide bonds. The van der Waals surface area contributed by atoms with E-state index in [1.807, 2.05) is 67.6 Å². The van der Waals surface area contributed by atoms with E-state index in [0.29, 0.717) is 62.0 Å². The number of nitrogens with one attached hydrogen (secondary N) is 1. The largest absolute Gasteiger partial charge is 0.497 e. The third kappa shape index (κ3) is 9.43. The van der Waals surface area contributed by atoms with Crippen LogP contribution in [0.15, 0.2) is 96.6 Å². The van der Waals surface area contributed by atoms with Gasteiger partial charge in [-0.25, -0.2) is 9.18 Å². The van der Waals surface area contributed by atoms with Gasteiger partial charge in [-0.15, -0.1) is 0 Å². The van der Waals surface area contributed by atoms with Crippen LogP contribution in [0.1, 0.15) is 109 Å². The van der Waals surface area contributed by atoms with E-state index in [0.717, 1.165) is 27.8 Å². The van der Waals surface area contributed by atoms with Gasteiger partial charge in [0.15, 0.2) is 5.78 Å². The van der Waals surface area contributed by atoms with Gasteiger partial charge in [0.1, 0.15) is 17.3 Å². The van der Waals surface area contributed by atoms with Crippen molar-refractivity contribution in [2.45, 2.75) is 102 Å². The van der Waals surface area contributed by atoms with Gasteiger partial charge in [-0.05, 0) is 112 Å². The lowest BCUT2D eigenvalue weighted by molar-refractivity contribution is -0.0781. The van der Waals surface area contributed by atoms with Crippen LogP contribution in [0.25, 0.3) is 0 Å². The van der Waals surface area contributed by atoms with E-state index >= 15 is 4.39 Å². The van der Waals surface area contributed by atoms with Crippen LogP contribution in [0.4, 0.5) is 9.18 Å². The molecule has 0 radical (unpaired) electrons. The lowest BCUT2D eigenvalue weighted by Gasteiger charge is -2.46. The van der Waals surface area contributed by atoms with Gasteiger partial charge in [-0.2, -0.15) is 0 Å². The summed E-state index contributed by atoms with van der Waals surface area (Å²) >= 11 is 6.42. The molecule has 58 heavy (non-hydrogen) atoms. The fourth-order valence-corrected chi connectivity index (χ4v) is 9.23. The molecule has 10 heteroatoms. The molecule has 5 atom stereocenters. The molecule has 7 rings (SSSR count). The normalized spacial score (nSPS) is 22.6. The van der Waals surface area contributed by atoms with Crippen molar-refractivity contribution in [1.29, 1.82) is 0 Å². The molecule has 0 spiro atoms. The van der Waals surface area contributed by atoms with E-state index in [9.17, 15) is 19.8 Å². The lowest BCUT2D eigenvalue weighted by Crippen LogP contribution is -2.55. The molecule has 1 fully saturated rings. The monoisotopic (exact) mass is 810 g/mol. The molecule has 1 saturated carbocycles. The third-order valence-electron chi connectivity index (χ3n) is 12.6.